The van der Waals surface area contributed by atoms with Gasteiger partial charge in [0.15, 0.2) is 0 Å². The number of fused-ring (bicyclic) bond motifs is 8. The molecule has 6 aromatic rings. The van der Waals surface area contributed by atoms with Crippen LogP contribution in [0.4, 0.5) is 4.39 Å². The van der Waals surface area contributed by atoms with Gasteiger partial charge in [-0.3, -0.25) is 19.2 Å². The zero-order valence-corrected chi connectivity index (χ0v) is 44.0. The largest absolute Gasteiger partial charge is 0.497 e. The Morgan fingerprint density at radius 1 is 0.573 bits per heavy atom. The van der Waals surface area contributed by atoms with Gasteiger partial charge in [-0.2, -0.15) is 0 Å². The van der Waals surface area contributed by atoms with Gasteiger partial charge in [-0.25, -0.2) is 14.4 Å². The van der Waals surface area contributed by atoms with Crippen LogP contribution in [0.1, 0.15) is 126 Å². The molecule has 0 unspecified atom stereocenters. The highest BCUT2D eigenvalue weighted by Gasteiger charge is 2.47. The minimum atomic E-state index is -0.269. The molecule has 2 atom stereocenters. The molecule has 0 aliphatic carbocycles. The molecule has 4 bridgehead atoms. The van der Waals surface area contributed by atoms with E-state index < -0.39 is 0 Å². The number of imidazole rings is 2. The number of rotatable bonds is 21. The molecule has 6 aliphatic rings. The summed E-state index contributed by atoms with van der Waals surface area (Å²) in [5.74, 6) is 2.58. The Kier molecular flexibility index (Phi) is 17.3. The number of ether oxygens (including phenoxy) is 1. The quantitative estimate of drug-likeness (QED) is 0.0382. The number of carbonyl (C=O) groups excluding carboxylic acids is 4. The smallest absolute Gasteiger partial charge is 0.226 e. The van der Waals surface area contributed by atoms with Gasteiger partial charge in [0.1, 0.15) is 23.2 Å². The zero-order chi connectivity index (χ0) is 52.4. The Labute approximate surface area is 439 Å². The standard InChI is InChI=1S/C30H39N5O3.C29H36FN5O2/c1-31-27(36)7-5-3-4-6-25(34-29(37)30-12-15-35(16-13-30)17-14-30)28-32-20-26(33-28)23-9-8-22-19-24(38-2)11-10-21(22)18-23;1-31-26(36)6-4-2-3-5-24(34-28(37)29-11-14-35(15-12-29)16-13-29)27-32-19-25(33-27)22-8-7-21-18-23(30)10-9-20(21)17-22/h8-11,18-20,25H,3-7,12-17H2,1-2H3,(H,31,36)(H,32,33)(H,34,37);7-10,17-19,24H,2-6,11-16H2,1H3,(H,31,36)(H,32,33)(H,34,37)/t25-;24-/m00/s1. The fraction of sp³-hybridized carbons (Fsp3) is 0.492. The van der Waals surface area contributed by atoms with Crippen molar-refractivity contribution in [1.29, 1.82) is 0 Å². The number of H-pyrrole nitrogens is 2. The molecule has 75 heavy (non-hydrogen) atoms. The molecule has 2 aromatic heterocycles. The van der Waals surface area contributed by atoms with Crippen LogP contribution in [0.15, 0.2) is 85.2 Å². The number of hydrogen-bond donors (Lipinski definition) is 6. The number of methoxy groups -OCH3 is 1. The third kappa shape index (κ3) is 12.9. The van der Waals surface area contributed by atoms with Crippen LogP contribution < -0.4 is 26.0 Å². The Hall–Kier alpha value is -6.65. The predicted molar refractivity (Wildman–Crippen MR) is 291 cm³/mol. The number of piperidine rings is 6. The van der Waals surface area contributed by atoms with Crippen molar-refractivity contribution in [2.24, 2.45) is 10.8 Å². The molecule has 0 radical (unpaired) electrons. The first-order valence-corrected chi connectivity index (χ1v) is 27.3. The molecule has 15 nitrogen and oxygen atoms in total. The lowest BCUT2D eigenvalue weighted by molar-refractivity contribution is -0.139. The number of nitrogens with one attached hydrogen (secondary N) is 6. The van der Waals surface area contributed by atoms with Crippen molar-refractivity contribution in [3.8, 4) is 28.3 Å². The van der Waals surface area contributed by atoms with E-state index in [2.05, 4.69) is 70.3 Å². The van der Waals surface area contributed by atoms with E-state index >= 15 is 0 Å². The monoisotopic (exact) mass is 1020 g/mol. The van der Waals surface area contributed by atoms with Crippen LogP contribution >= 0.6 is 0 Å². The van der Waals surface area contributed by atoms with Crippen LogP contribution in [0, 0.1) is 16.6 Å². The van der Waals surface area contributed by atoms with Crippen molar-refractivity contribution in [3.63, 3.8) is 0 Å². The first-order chi connectivity index (χ1) is 36.4. The number of aromatic amines is 2. The van der Waals surface area contributed by atoms with Crippen LogP contribution in [-0.4, -0.2) is 114 Å². The zero-order valence-electron chi connectivity index (χ0n) is 44.0. The predicted octanol–water partition coefficient (Wildman–Crippen LogP) is 9.29. The number of benzene rings is 4. The number of hydrogen-bond acceptors (Lipinski definition) is 9. The molecule has 6 saturated heterocycles. The van der Waals surface area contributed by atoms with Gasteiger partial charge in [0.05, 0.1) is 53.8 Å². The SMILES string of the molecule is CNC(=O)CCCCC[C@H](NC(=O)C12CCN(CC1)CC2)c1ncc(-c2ccc3cc(F)ccc3c2)[nH]1.CNC(=O)CCCCC[C@H](NC(=O)C12CCN(CC1)CC2)c1ncc(-c2ccc3cc(OC)ccc3c2)[nH]1. The van der Waals surface area contributed by atoms with E-state index in [1.807, 2.05) is 42.7 Å². The van der Waals surface area contributed by atoms with Crippen molar-refractivity contribution in [2.75, 3.05) is 60.5 Å². The summed E-state index contributed by atoms with van der Waals surface area (Å²) in [6.07, 6.45) is 17.1. The minimum Gasteiger partial charge on any atom is -0.497 e. The first-order valence-electron chi connectivity index (χ1n) is 27.3. The first kappa shape index (κ1) is 53.2. The molecule has 398 valence electrons. The molecular weight excluding hydrogens is 948 g/mol. The maximum absolute atomic E-state index is 13.6. The van der Waals surface area contributed by atoms with Crippen molar-refractivity contribution < 1.29 is 28.3 Å². The molecule has 6 fully saturated rings. The van der Waals surface area contributed by atoms with Crippen LogP contribution in [-0.2, 0) is 19.2 Å². The third-order valence-corrected chi connectivity index (χ3v) is 16.7. The number of unbranched alkanes of at least 4 members (excludes halogenated alkanes) is 4. The van der Waals surface area contributed by atoms with Gasteiger partial charge in [-0.05, 0) is 161 Å². The van der Waals surface area contributed by atoms with Gasteiger partial charge in [0.25, 0.3) is 0 Å². The molecule has 6 aliphatic heterocycles. The van der Waals surface area contributed by atoms with Crippen molar-refractivity contribution in [3.05, 3.63) is 103 Å². The van der Waals surface area contributed by atoms with E-state index in [0.29, 0.717) is 12.8 Å². The lowest BCUT2D eigenvalue weighted by atomic mass is 9.71. The highest BCUT2D eigenvalue weighted by atomic mass is 19.1. The second kappa shape index (κ2) is 24.3. The molecule has 0 spiro atoms. The fourth-order valence-electron chi connectivity index (χ4n) is 11.6. The van der Waals surface area contributed by atoms with E-state index in [1.54, 1.807) is 27.3 Å². The average molecular weight is 1020 g/mol. The van der Waals surface area contributed by atoms with Gasteiger partial charge in [-0.1, -0.05) is 62.1 Å². The van der Waals surface area contributed by atoms with Gasteiger partial charge in [0, 0.05) is 38.1 Å². The summed E-state index contributed by atoms with van der Waals surface area (Å²) in [5, 5.41) is 16.2. The summed E-state index contributed by atoms with van der Waals surface area (Å²) in [5.41, 5.74) is 3.29. The molecule has 0 saturated carbocycles. The molecule has 16 heteroatoms. The number of amides is 4. The lowest BCUT2D eigenvalue weighted by Gasteiger charge is -2.47. The third-order valence-electron chi connectivity index (χ3n) is 16.7. The second-order valence-electron chi connectivity index (χ2n) is 21.3. The Morgan fingerprint density at radius 2 is 0.987 bits per heavy atom. The summed E-state index contributed by atoms with van der Waals surface area (Å²) in [6.45, 7) is 6.01. The van der Waals surface area contributed by atoms with Crippen LogP contribution in [0.5, 0.6) is 5.75 Å². The van der Waals surface area contributed by atoms with Crippen LogP contribution in [0.3, 0.4) is 0 Å². The number of nitrogens with zero attached hydrogens (tertiary/aromatic N) is 4. The summed E-state index contributed by atoms with van der Waals surface area (Å²) >= 11 is 0. The van der Waals surface area contributed by atoms with Crippen LogP contribution in [0.2, 0.25) is 0 Å². The maximum atomic E-state index is 13.6. The van der Waals surface area contributed by atoms with Gasteiger partial charge < -0.3 is 45.8 Å². The van der Waals surface area contributed by atoms with Crippen LogP contribution in [0.25, 0.3) is 44.1 Å². The van der Waals surface area contributed by atoms with Crippen molar-refractivity contribution >= 4 is 45.2 Å². The normalized spacial score (nSPS) is 21.4. The fourth-order valence-corrected chi connectivity index (χ4v) is 11.6. The molecule has 8 heterocycles. The average Bonchev–Trinajstić information content (AvgIpc) is 4.17. The summed E-state index contributed by atoms with van der Waals surface area (Å²) < 4.78 is 18.9. The number of aromatic nitrogens is 4. The van der Waals surface area contributed by atoms with Crippen molar-refractivity contribution in [2.45, 2.75) is 115 Å². The number of halogens is 1. The van der Waals surface area contributed by atoms with E-state index in [1.165, 1.54) is 12.1 Å². The molecule has 4 aromatic carbocycles. The topological polar surface area (TPSA) is 189 Å². The summed E-state index contributed by atoms with van der Waals surface area (Å²) in [7, 11) is 5.00. The molecule has 6 N–H and O–H groups in total. The van der Waals surface area contributed by atoms with E-state index in [9.17, 15) is 23.6 Å². The van der Waals surface area contributed by atoms with E-state index in [-0.39, 0.29) is 52.4 Å². The Morgan fingerprint density at radius 3 is 1.43 bits per heavy atom. The van der Waals surface area contributed by atoms with E-state index in [0.717, 1.165) is 191 Å². The summed E-state index contributed by atoms with van der Waals surface area (Å²) in [6, 6.07) is 22.6. The van der Waals surface area contributed by atoms with Gasteiger partial charge in [0.2, 0.25) is 23.6 Å². The highest BCUT2D eigenvalue weighted by Crippen LogP contribution is 2.42. The molecule has 12 rings (SSSR count). The Bertz CT molecular complexity index is 2910. The second-order valence-corrected chi connectivity index (χ2v) is 21.3. The summed E-state index contributed by atoms with van der Waals surface area (Å²) in [4.78, 5) is 71.6. The van der Waals surface area contributed by atoms with E-state index in [4.69, 9.17) is 9.72 Å². The molecular formula is C59H75FN10O5. The van der Waals surface area contributed by atoms with Gasteiger partial charge in [-0.15, -0.1) is 0 Å². The minimum absolute atomic E-state index is 0.0568. The molecule has 4 amide bonds. The highest BCUT2D eigenvalue weighted by molar-refractivity contribution is 5.89. The number of carbonyl (C=O) groups is 4. The van der Waals surface area contributed by atoms with Gasteiger partial charge >= 0.3 is 0 Å². The van der Waals surface area contributed by atoms with Crippen molar-refractivity contribution in [1.82, 2.24) is 51.0 Å². The maximum Gasteiger partial charge on any atom is 0.226 e. The lowest BCUT2D eigenvalue weighted by Crippen LogP contribution is -2.55. The Balaban J connectivity index is 0.000000184.